The molecule has 1 N–H and O–H groups in total. The average Bonchev–Trinajstić information content (AvgIpc) is 2.81. The number of carbonyl (C=O) groups is 1. The predicted molar refractivity (Wildman–Crippen MR) is 93.4 cm³/mol. The first-order valence-electron chi connectivity index (χ1n) is 7.87. The number of rotatable bonds is 4. The number of hydrogen-bond donors (Lipinski definition) is 1. The fraction of sp³-hybridized carbons (Fsp3) is 0.562. The van der Waals surface area contributed by atoms with E-state index in [1.807, 2.05) is 13.8 Å². The van der Waals surface area contributed by atoms with Gasteiger partial charge < -0.3 is 9.72 Å². The Morgan fingerprint density at radius 3 is 2.83 bits per heavy atom. The molecule has 124 valence electrons. The Morgan fingerprint density at radius 1 is 1.35 bits per heavy atom. The van der Waals surface area contributed by atoms with E-state index in [0.29, 0.717) is 10.5 Å². The molecule has 1 aliphatic carbocycles. The summed E-state index contributed by atoms with van der Waals surface area (Å²) in [5, 5.41) is 1.13. The topological polar surface area (TPSA) is 72.0 Å². The van der Waals surface area contributed by atoms with Gasteiger partial charge in [-0.3, -0.25) is 9.59 Å². The maximum atomic E-state index is 12.2. The monoisotopic (exact) mass is 352 g/mol. The van der Waals surface area contributed by atoms with E-state index in [0.717, 1.165) is 41.0 Å². The van der Waals surface area contributed by atoms with Crippen molar-refractivity contribution in [3.63, 3.8) is 0 Å². The molecule has 5 nitrogen and oxygen atoms in total. The molecule has 0 aliphatic heterocycles. The summed E-state index contributed by atoms with van der Waals surface area (Å²) in [7, 11) is 0. The zero-order valence-corrected chi connectivity index (χ0v) is 14.9. The molecular formula is C16H20N2O3S2. The summed E-state index contributed by atoms with van der Waals surface area (Å²) < 4.78 is 5.48. The number of aromatic amines is 1. The van der Waals surface area contributed by atoms with E-state index in [4.69, 9.17) is 4.74 Å². The van der Waals surface area contributed by atoms with Crippen LogP contribution in [0.15, 0.2) is 9.95 Å². The summed E-state index contributed by atoms with van der Waals surface area (Å²) >= 11 is 2.74. The number of carbonyl (C=O) groups excluding carboxylic acids is 1. The second kappa shape index (κ2) is 7.05. The number of aryl methyl sites for hydroxylation is 2. The number of aromatic nitrogens is 2. The van der Waals surface area contributed by atoms with Gasteiger partial charge in [0.1, 0.15) is 10.9 Å². The first kappa shape index (κ1) is 16.5. The minimum atomic E-state index is -0.233. The Labute approximate surface area is 142 Å². The van der Waals surface area contributed by atoms with Gasteiger partial charge in [-0.1, -0.05) is 18.2 Å². The van der Waals surface area contributed by atoms with E-state index in [1.165, 1.54) is 29.5 Å². The summed E-state index contributed by atoms with van der Waals surface area (Å²) in [6.07, 6.45) is 5.49. The van der Waals surface area contributed by atoms with Crippen molar-refractivity contribution in [1.29, 1.82) is 0 Å². The average molecular weight is 352 g/mol. The van der Waals surface area contributed by atoms with E-state index in [2.05, 4.69) is 9.97 Å². The van der Waals surface area contributed by atoms with Crippen LogP contribution in [0, 0.1) is 13.8 Å². The van der Waals surface area contributed by atoms with Crippen LogP contribution >= 0.6 is 23.1 Å². The molecule has 0 unspecified atom stereocenters. The lowest BCUT2D eigenvalue weighted by atomic mass is 9.98. The maximum Gasteiger partial charge on any atom is 0.316 e. The molecule has 3 rings (SSSR count). The van der Waals surface area contributed by atoms with Crippen LogP contribution in [0.1, 0.15) is 42.5 Å². The second-order valence-electron chi connectivity index (χ2n) is 5.87. The van der Waals surface area contributed by atoms with Crippen molar-refractivity contribution >= 4 is 39.3 Å². The van der Waals surface area contributed by atoms with E-state index in [-0.39, 0.29) is 23.4 Å². The summed E-state index contributed by atoms with van der Waals surface area (Å²) in [5.41, 5.74) is 0.840. The zero-order valence-electron chi connectivity index (χ0n) is 13.3. The molecule has 1 aliphatic rings. The first-order chi connectivity index (χ1) is 11.0. The number of thiophene rings is 1. The molecule has 1 fully saturated rings. The van der Waals surface area contributed by atoms with Crippen LogP contribution < -0.4 is 5.56 Å². The molecular weight excluding hydrogens is 332 g/mol. The largest absolute Gasteiger partial charge is 0.462 e. The lowest BCUT2D eigenvalue weighted by Crippen LogP contribution is -2.22. The number of nitrogens with zero attached hydrogens (tertiary/aromatic N) is 1. The normalized spacial score (nSPS) is 15.9. The minimum Gasteiger partial charge on any atom is -0.462 e. The van der Waals surface area contributed by atoms with Gasteiger partial charge in [0.15, 0.2) is 5.16 Å². The van der Waals surface area contributed by atoms with Gasteiger partial charge in [-0.05, 0) is 45.1 Å². The van der Waals surface area contributed by atoms with Gasteiger partial charge in [-0.15, -0.1) is 11.3 Å². The molecule has 7 heteroatoms. The SMILES string of the molecule is Cc1sc2nc(SCC(=O)OC3CCCCC3)[nH]c(=O)c2c1C. The van der Waals surface area contributed by atoms with E-state index in [1.54, 1.807) is 0 Å². The van der Waals surface area contributed by atoms with Crippen LogP contribution in [-0.2, 0) is 9.53 Å². The lowest BCUT2D eigenvalue weighted by molar-refractivity contribution is -0.147. The Kier molecular flexibility index (Phi) is 5.06. The molecule has 0 amide bonds. The molecule has 23 heavy (non-hydrogen) atoms. The van der Waals surface area contributed by atoms with Crippen molar-refractivity contribution < 1.29 is 9.53 Å². The third kappa shape index (κ3) is 3.77. The van der Waals surface area contributed by atoms with E-state index in [9.17, 15) is 9.59 Å². The van der Waals surface area contributed by atoms with Gasteiger partial charge >= 0.3 is 5.97 Å². The molecule has 0 radical (unpaired) electrons. The lowest BCUT2D eigenvalue weighted by Gasteiger charge is -2.21. The number of hydrogen-bond acceptors (Lipinski definition) is 6. The van der Waals surface area contributed by atoms with Gasteiger partial charge in [0.05, 0.1) is 11.1 Å². The van der Waals surface area contributed by atoms with Crippen molar-refractivity contribution in [3.05, 3.63) is 20.8 Å². The smallest absolute Gasteiger partial charge is 0.316 e. The molecule has 2 aromatic rings. The number of nitrogens with one attached hydrogen (secondary N) is 1. The van der Waals surface area contributed by atoms with E-state index < -0.39 is 0 Å². The summed E-state index contributed by atoms with van der Waals surface area (Å²) in [4.78, 5) is 33.1. The van der Waals surface area contributed by atoms with Crippen molar-refractivity contribution in [2.24, 2.45) is 0 Å². The van der Waals surface area contributed by atoms with Crippen LogP contribution in [0.2, 0.25) is 0 Å². The van der Waals surface area contributed by atoms with Gasteiger partial charge in [0.2, 0.25) is 0 Å². The molecule has 0 spiro atoms. The summed E-state index contributed by atoms with van der Waals surface area (Å²) in [6.45, 7) is 3.91. The van der Waals surface area contributed by atoms with E-state index >= 15 is 0 Å². The fourth-order valence-corrected chi connectivity index (χ4v) is 4.56. The quantitative estimate of drug-likeness (QED) is 0.517. The van der Waals surface area contributed by atoms with Crippen LogP contribution in [0.4, 0.5) is 0 Å². The maximum absolute atomic E-state index is 12.2. The Balaban J connectivity index is 1.65. The number of fused-ring (bicyclic) bond motifs is 1. The summed E-state index contributed by atoms with van der Waals surface area (Å²) in [6, 6.07) is 0. The Bertz CT molecular complexity index is 775. The highest BCUT2D eigenvalue weighted by atomic mass is 32.2. The molecule has 0 saturated heterocycles. The highest BCUT2D eigenvalue weighted by Gasteiger charge is 2.18. The van der Waals surface area contributed by atoms with Crippen LogP contribution in [-0.4, -0.2) is 27.8 Å². The zero-order chi connectivity index (χ0) is 16.4. The molecule has 1 saturated carbocycles. The number of thioether (sulfide) groups is 1. The fourth-order valence-electron chi connectivity index (χ4n) is 2.83. The highest BCUT2D eigenvalue weighted by Crippen LogP contribution is 2.27. The Morgan fingerprint density at radius 2 is 2.09 bits per heavy atom. The third-order valence-electron chi connectivity index (χ3n) is 4.19. The molecule has 2 heterocycles. The molecule has 2 aromatic heterocycles. The molecule has 0 bridgehead atoms. The van der Waals surface area contributed by atoms with Gasteiger partial charge in [0, 0.05) is 4.88 Å². The highest BCUT2D eigenvalue weighted by molar-refractivity contribution is 7.99. The summed E-state index contributed by atoms with van der Waals surface area (Å²) in [5.74, 6) is -0.0583. The van der Waals surface area contributed by atoms with Crippen LogP contribution in [0.3, 0.4) is 0 Å². The van der Waals surface area contributed by atoms with Crippen molar-refractivity contribution in [2.45, 2.75) is 57.2 Å². The van der Waals surface area contributed by atoms with Crippen molar-refractivity contribution in [1.82, 2.24) is 9.97 Å². The Hall–Kier alpha value is -1.34. The van der Waals surface area contributed by atoms with Crippen LogP contribution in [0.25, 0.3) is 10.2 Å². The minimum absolute atomic E-state index is 0.0638. The van der Waals surface area contributed by atoms with Gasteiger partial charge in [-0.25, -0.2) is 4.98 Å². The predicted octanol–water partition coefficient (Wildman–Crippen LogP) is 3.57. The third-order valence-corrected chi connectivity index (χ3v) is 6.14. The van der Waals surface area contributed by atoms with Gasteiger partial charge in [-0.2, -0.15) is 0 Å². The van der Waals surface area contributed by atoms with Gasteiger partial charge in [0.25, 0.3) is 5.56 Å². The van der Waals surface area contributed by atoms with Crippen molar-refractivity contribution in [3.8, 4) is 0 Å². The van der Waals surface area contributed by atoms with Crippen molar-refractivity contribution in [2.75, 3.05) is 5.75 Å². The number of H-pyrrole nitrogens is 1. The first-order valence-corrected chi connectivity index (χ1v) is 9.67. The standard InChI is InChI=1S/C16H20N2O3S2/c1-9-10(2)23-15-13(9)14(20)17-16(18-15)22-8-12(19)21-11-6-4-3-5-7-11/h11H,3-8H2,1-2H3,(H,17,18,20). The number of esters is 1. The molecule has 0 atom stereocenters. The second-order valence-corrected chi connectivity index (χ2v) is 8.04. The molecule has 0 aromatic carbocycles. The number of ether oxygens (including phenoxy) is 1. The van der Waals surface area contributed by atoms with Crippen LogP contribution in [0.5, 0.6) is 0 Å².